The molecule has 1 amide bonds. The number of aryl methyl sites for hydroxylation is 2. The SMILES string of the molecule is COCCOC(=O)c1c(C)[nH]c(C(=O)Nc2ccccc2-c2noc(C)n2)c1C. The largest absolute Gasteiger partial charge is 0.460 e. The van der Waals surface area contributed by atoms with Crippen LogP contribution in [0.2, 0.25) is 0 Å². The Morgan fingerprint density at radius 2 is 1.93 bits per heavy atom. The van der Waals surface area contributed by atoms with Gasteiger partial charge in [-0.3, -0.25) is 4.79 Å². The number of H-pyrrole nitrogens is 1. The highest BCUT2D eigenvalue weighted by atomic mass is 16.6. The van der Waals surface area contributed by atoms with Gasteiger partial charge < -0.3 is 24.3 Å². The van der Waals surface area contributed by atoms with E-state index >= 15 is 0 Å². The van der Waals surface area contributed by atoms with Gasteiger partial charge in [-0.15, -0.1) is 0 Å². The molecule has 0 radical (unpaired) electrons. The van der Waals surface area contributed by atoms with Crippen molar-refractivity contribution in [1.29, 1.82) is 0 Å². The Hall–Kier alpha value is -3.46. The molecule has 0 saturated heterocycles. The molecule has 0 bridgehead atoms. The number of ether oxygens (including phenoxy) is 2. The zero-order valence-electron chi connectivity index (χ0n) is 16.7. The fourth-order valence-electron chi connectivity index (χ4n) is 2.95. The van der Waals surface area contributed by atoms with E-state index in [2.05, 4.69) is 20.4 Å². The second-order valence-corrected chi connectivity index (χ2v) is 6.39. The summed E-state index contributed by atoms with van der Waals surface area (Å²) in [5.41, 5.74) is 2.83. The summed E-state index contributed by atoms with van der Waals surface area (Å²) in [6.45, 7) is 5.54. The maximum atomic E-state index is 12.9. The van der Waals surface area contributed by atoms with Gasteiger partial charge in [-0.2, -0.15) is 4.98 Å². The minimum Gasteiger partial charge on any atom is -0.460 e. The summed E-state index contributed by atoms with van der Waals surface area (Å²) >= 11 is 0. The van der Waals surface area contributed by atoms with Gasteiger partial charge in [0.2, 0.25) is 11.7 Å². The molecule has 2 N–H and O–H groups in total. The Morgan fingerprint density at radius 1 is 1.17 bits per heavy atom. The van der Waals surface area contributed by atoms with Gasteiger partial charge in [-0.1, -0.05) is 17.3 Å². The van der Waals surface area contributed by atoms with Crippen LogP contribution in [0.5, 0.6) is 0 Å². The Balaban J connectivity index is 1.84. The van der Waals surface area contributed by atoms with Crippen LogP contribution in [0.15, 0.2) is 28.8 Å². The van der Waals surface area contributed by atoms with E-state index in [4.69, 9.17) is 14.0 Å². The van der Waals surface area contributed by atoms with Gasteiger partial charge in [0.05, 0.1) is 17.9 Å². The number of para-hydroxylation sites is 1. The number of esters is 1. The number of amides is 1. The first-order chi connectivity index (χ1) is 13.9. The molecule has 0 saturated carbocycles. The molecule has 0 fully saturated rings. The van der Waals surface area contributed by atoms with Crippen LogP contribution in [0.25, 0.3) is 11.4 Å². The van der Waals surface area contributed by atoms with Gasteiger partial charge in [-0.05, 0) is 31.5 Å². The lowest BCUT2D eigenvalue weighted by Gasteiger charge is -2.09. The van der Waals surface area contributed by atoms with Gasteiger partial charge in [0.25, 0.3) is 5.91 Å². The van der Waals surface area contributed by atoms with E-state index in [0.717, 1.165) is 0 Å². The first-order valence-electron chi connectivity index (χ1n) is 8.98. The molecule has 0 spiro atoms. The summed E-state index contributed by atoms with van der Waals surface area (Å²) in [6.07, 6.45) is 0. The minimum atomic E-state index is -0.505. The van der Waals surface area contributed by atoms with Gasteiger partial charge in [0.1, 0.15) is 12.3 Å². The van der Waals surface area contributed by atoms with Crippen molar-refractivity contribution in [3.05, 3.63) is 52.7 Å². The van der Waals surface area contributed by atoms with Crippen molar-refractivity contribution in [2.24, 2.45) is 0 Å². The summed E-state index contributed by atoms with van der Waals surface area (Å²) in [4.78, 5) is 32.4. The molecule has 1 aromatic carbocycles. The van der Waals surface area contributed by atoms with Crippen LogP contribution in [-0.4, -0.2) is 47.3 Å². The van der Waals surface area contributed by atoms with Crippen molar-refractivity contribution in [2.45, 2.75) is 20.8 Å². The third-order valence-corrected chi connectivity index (χ3v) is 4.33. The molecular weight excluding hydrogens is 376 g/mol. The monoisotopic (exact) mass is 398 g/mol. The van der Waals surface area contributed by atoms with E-state index in [9.17, 15) is 9.59 Å². The fourth-order valence-corrected chi connectivity index (χ4v) is 2.95. The van der Waals surface area contributed by atoms with Crippen molar-refractivity contribution in [1.82, 2.24) is 15.1 Å². The molecule has 152 valence electrons. The molecule has 0 atom stereocenters. The van der Waals surface area contributed by atoms with Crippen molar-refractivity contribution in [2.75, 3.05) is 25.6 Å². The number of hydrogen-bond acceptors (Lipinski definition) is 7. The Kier molecular flexibility index (Phi) is 6.08. The van der Waals surface area contributed by atoms with E-state index in [-0.39, 0.29) is 12.3 Å². The average molecular weight is 398 g/mol. The first kappa shape index (κ1) is 20.3. The smallest absolute Gasteiger partial charge is 0.340 e. The average Bonchev–Trinajstić information content (AvgIpc) is 3.25. The molecule has 2 aromatic heterocycles. The van der Waals surface area contributed by atoms with E-state index in [1.54, 1.807) is 39.0 Å². The van der Waals surface area contributed by atoms with Crippen LogP contribution in [0.3, 0.4) is 0 Å². The van der Waals surface area contributed by atoms with Crippen LogP contribution in [0.1, 0.15) is 38.0 Å². The number of rotatable bonds is 7. The van der Waals surface area contributed by atoms with Crippen LogP contribution in [0.4, 0.5) is 5.69 Å². The highest BCUT2D eigenvalue weighted by Gasteiger charge is 2.24. The van der Waals surface area contributed by atoms with Crippen molar-refractivity contribution in [3.8, 4) is 11.4 Å². The summed E-state index contributed by atoms with van der Waals surface area (Å²) in [5.74, 6) is -0.0991. The van der Waals surface area contributed by atoms with Crippen LogP contribution in [-0.2, 0) is 9.47 Å². The predicted octanol–water partition coefficient (Wildman–Crippen LogP) is 3.05. The third kappa shape index (κ3) is 4.35. The molecule has 3 aromatic rings. The Labute approximate surface area is 167 Å². The zero-order chi connectivity index (χ0) is 21.0. The van der Waals surface area contributed by atoms with E-state index in [1.165, 1.54) is 7.11 Å². The molecule has 0 aliphatic carbocycles. The van der Waals surface area contributed by atoms with Gasteiger partial charge in [0, 0.05) is 25.3 Å². The van der Waals surface area contributed by atoms with Gasteiger partial charge in [-0.25, -0.2) is 4.79 Å². The number of nitrogens with one attached hydrogen (secondary N) is 2. The van der Waals surface area contributed by atoms with Crippen molar-refractivity contribution >= 4 is 17.6 Å². The summed E-state index contributed by atoms with van der Waals surface area (Å²) in [7, 11) is 1.52. The molecule has 29 heavy (non-hydrogen) atoms. The van der Waals surface area contributed by atoms with Gasteiger partial charge >= 0.3 is 5.97 Å². The molecule has 3 rings (SSSR count). The fraction of sp³-hybridized carbons (Fsp3) is 0.300. The Morgan fingerprint density at radius 3 is 2.62 bits per heavy atom. The van der Waals surface area contributed by atoms with Crippen molar-refractivity contribution < 1.29 is 23.6 Å². The summed E-state index contributed by atoms with van der Waals surface area (Å²) < 4.78 is 15.1. The number of hydrogen-bond donors (Lipinski definition) is 2. The number of aromatic amines is 1. The number of methoxy groups -OCH3 is 1. The summed E-state index contributed by atoms with van der Waals surface area (Å²) in [5, 5.41) is 6.75. The quantitative estimate of drug-likeness (QED) is 0.464. The Bertz CT molecular complexity index is 1040. The number of carbonyl (C=O) groups is 2. The van der Waals surface area contributed by atoms with E-state index in [1.807, 2.05) is 6.07 Å². The summed E-state index contributed by atoms with van der Waals surface area (Å²) in [6, 6.07) is 7.13. The molecule has 9 nitrogen and oxygen atoms in total. The highest BCUT2D eigenvalue weighted by Crippen LogP contribution is 2.27. The number of anilines is 1. The van der Waals surface area contributed by atoms with Crippen LogP contribution >= 0.6 is 0 Å². The molecule has 9 heteroatoms. The minimum absolute atomic E-state index is 0.137. The van der Waals surface area contributed by atoms with Crippen LogP contribution in [0, 0.1) is 20.8 Å². The molecule has 2 heterocycles. The third-order valence-electron chi connectivity index (χ3n) is 4.33. The zero-order valence-corrected chi connectivity index (χ0v) is 16.7. The number of benzene rings is 1. The topological polar surface area (TPSA) is 119 Å². The highest BCUT2D eigenvalue weighted by molar-refractivity contribution is 6.08. The lowest BCUT2D eigenvalue weighted by Crippen LogP contribution is -2.15. The maximum Gasteiger partial charge on any atom is 0.340 e. The second kappa shape index (κ2) is 8.70. The van der Waals surface area contributed by atoms with Gasteiger partial charge in [0.15, 0.2) is 0 Å². The van der Waals surface area contributed by atoms with Crippen molar-refractivity contribution in [3.63, 3.8) is 0 Å². The molecule has 0 unspecified atom stereocenters. The maximum absolute atomic E-state index is 12.9. The predicted molar refractivity (Wildman–Crippen MR) is 105 cm³/mol. The van der Waals surface area contributed by atoms with E-state index < -0.39 is 11.9 Å². The molecule has 0 aliphatic heterocycles. The number of aromatic nitrogens is 3. The normalized spacial score (nSPS) is 10.8. The number of carbonyl (C=O) groups excluding carboxylic acids is 2. The lowest BCUT2D eigenvalue weighted by atomic mass is 10.1. The first-order valence-corrected chi connectivity index (χ1v) is 8.98. The molecule has 0 aliphatic rings. The number of nitrogens with zero attached hydrogens (tertiary/aromatic N) is 2. The van der Waals surface area contributed by atoms with E-state index in [0.29, 0.717) is 46.4 Å². The lowest BCUT2D eigenvalue weighted by molar-refractivity contribution is 0.0387. The standard InChI is InChI=1S/C20H22N4O5/c1-11-16(20(26)28-10-9-27-4)12(2)21-17(11)19(25)23-15-8-6-5-7-14(15)18-22-13(3)29-24-18/h5-8,21H,9-10H2,1-4H3,(H,23,25). The second-order valence-electron chi connectivity index (χ2n) is 6.39. The van der Waals surface area contributed by atoms with Crippen LogP contribution < -0.4 is 5.32 Å². The molecular formula is C20H22N4O5.